The maximum Gasteiger partial charge on any atom is 0.306 e. The maximum absolute atomic E-state index is 11.5. The average Bonchev–Trinajstić information content (AvgIpc) is 3.05. The number of esters is 1. The van der Waals surface area contributed by atoms with E-state index in [2.05, 4.69) is 0 Å². The van der Waals surface area contributed by atoms with E-state index in [9.17, 15) is 4.79 Å². The Morgan fingerprint density at radius 1 is 1.27 bits per heavy atom. The van der Waals surface area contributed by atoms with Crippen LogP contribution in [-0.2, 0) is 9.53 Å². The molecule has 0 radical (unpaired) electrons. The fourth-order valence-corrected chi connectivity index (χ4v) is 2.85. The van der Waals surface area contributed by atoms with Gasteiger partial charge < -0.3 is 19.9 Å². The first kappa shape index (κ1) is 16.6. The molecule has 5 nitrogen and oxygen atoms in total. The van der Waals surface area contributed by atoms with Gasteiger partial charge in [-0.25, -0.2) is 0 Å². The minimum atomic E-state index is -0.260. The molecular formula is C17H25NO4. The van der Waals surface area contributed by atoms with E-state index in [-0.39, 0.29) is 24.4 Å². The summed E-state index contributed by atoms with van der Waals surface area (Å²) in [6, 6.07) is 5.75. The Morgan fingerprint density at radius 3 is 2.59 bits per heavy atom. The summed E-state index contributed by atoms with van der Waals surface area (Å²) in [7, 11) is 3.02. The highest BCUT2D eigenvalue weighted by molar-refractivity contribution is 5.70. The van der Waals surface area contributed by atoms with Crippen LogP contribution in [0.1, 0.15) is 43.6 Å². The van der Waals surface area contributed by atoms with E-state index in [4.69, 9.17) is 19.9 Å². The lowest BCUT2D eigenvalue weighted by Crippen LogP contribution is -2.18. The van der Waals surface area contributed by atoms with Gasteiger partial charge in [0.05, 0.1) is 26.7 Å². The molecular weight excluding hydrogens is 282 g/mol. The Morgan fingerprint density at radius 2 is 2.00 bits per heavy atom. The summed E-state index contributed by atoms with van der Waals surface area (Å²) in [6.07, 6.45) is 5.09. The summed E-state index contributed by atoms with van der Waals surface area (Å²) in [5.41, 5.74) is 6.79. The minimum Gasteiger partial charge on any atom is -0.493 e. The van der Waals surface area contributed by atoms with E-state index >= 15 is 0 Å². The quantitative estimate of drug-likeness (QED) is 0.784. The van der Waals surface area contributed by atoms with Crippen molar-refractivity contribution in [3.05, 3.63) is 23.8 Å². The highest BCUT2D eigenvalue weighted by Crippen LogP contribution is 2.34. The second kappa shape index (κ2) is 8.03. The second-order valence-electron chi connectivity index (χ2n) is 5.65. The lowest BCUT2D eigenvalue weighted by molar-refractivity contribution is -0.141. The molecule has 1 fully saturated rings. The van der Waals surface area contributed by atoms with Crippen LogP contribution in [0, 0.1) is 0 Å². The molecule has 2 rings (SSSR count). The Balaban J connectivity index is 2.18. The molecule has 5 heteroatoms. The summed E-state index contributed by atoms with van der Waals surface area (Å²) in [5.74, 6) is 1.11. The molecule has 0 aromatic heterocycles. The van der Waals surface area contributed by atoms with E-state index in [0.717, 1.165) is 24.2 Å². The molecule has 1 atom stereocenters. The Labute approximate surface area is 131 Å². The van der Waals surface area contributed by atoms with Gasteiger partial charge >= 0.3 is 5.97 Å². The van der Waals surface area contributed by atoms with Crippen LogP contribution in [0.2, 0.25) is 0 Å². The van der Waals surface area contributed by atoms with E-state index < -0.39 is 0 Å². The van der Waals surface area contributed by atoms with Gasteiger partial charge in [-0.1, -0.05) is 6.07 Å². The zero-order valence-corrected chi connectivity index (χ0v) is 13.3. The van der Waals surface area contributed by atoms with Gasteiger partial charge in [0.15, 0.2) is 11.5 Å². The van der Waals surface area contributed by atoms with E-state index in [0.29, 0.717) is 12.3 Å². The zero-order valence-electron chi connectivity index (χ0n) is 13.3. The number of rotatable bonds is 7. The number of methoxy groups -OCH3 is 2. The predicted octanol–water partition coefficient (Wildman–Crippen LogP) is 2.62. The SMILES string of the molecule is COC(=O)C[C@@H](CN)c1ccc(OC)c(OC2CCCC2)c1. The van der Waals surface area contributed by atoms with Gasteiger partial charge in [-0.15, -0.1) is 0 Å². The molecule has 0 amide bonds. The smallest absolute Gasteiger partial charge is 0.306 e. The predicted molar refractivity (Wildman–Crippen MR) is 84.3 cm³/mol. The van der Waals surface area contributed by atoms with Crippen molar-refractivity contribution in [2.45, 2.75) is 44.1 Å². The molecule has 0 spiro atoms. The van der Waals surface area contributed by atoms with Crippen LogP contribution in [-0.4, -0.2) is 32.8 Å². The van der Waals surface area contributed by atoms with Crippen molar-refractivity contribution in [1.29, 1.82) is 0 Å². The van der Waals surface area contributed by atoms with Crippen LogP contribution in [0.5, 0.6) is 11.5 Å². The van der Waals surface area contributed by atoms with Gasteiger partial charge in [0.25, 0.3) is 0 Å². The first-order valence-electron chi connectivity index (χ1n) is 7.79. The standard InChI is InChI=1S/C17H25NO4/c1-20-15-8-7-12(13(11-18)10-17(19)21-2)9-16(15)22-14-5-3-4-6-14/h7-9,13-14H,3-6,10-11,18H2,1-2H3/t13-/m0/s1. The molecule has 1 aliphatic carbocycles. The number of nitrogens with two attached hydrogens (primary N) is 1. The van der Waals surface area contributed by atoms with Crippen LogP contribution in [0.25, 0.3) is 0 Å². The Hall–Kier alpha value is -1.75. The van der Waals surface area contributed by atoms with E-state index in [1.165, 1.54) is 20.0 Å². The summed E-state index contributed by atoms with van der Waals surface area (Å²) in [4.78, 5) is 11.5. The van der Waals surface area contributed by atoms with Crippen molar-refractivity contribution in [1.82, 2.24) is 0 Å². The highest BCUT2D eigenvalue weighted by Gasteiger charge is 2.21. The van der Waals surface area contributed by atoms with Crippen LogP contribution >= 0.6 is 0 Å². The van der Waals surface area contributed by atoms with Crippen molar-refractivity contribution in [2.24, 2.45) is 5.73 Å². The third-order valence-corrected chi connectivity index (χ3v) is 4.18. The molecule has 1 aromatic carbocycles. The molecule has 0 heterocycles. The van der Waals surface area contributed by atoms with Gasteiger partial charge in [-0.05, 0) is 49.9 Å². The topological polar surface area (TPSA) is 70.8 Å². The summed E-state index contributed by atoms with van der Waals surface area (Å²) >= 11 is 0. The number of benzene rings is 1. The van der Waals surface area contributed by atoms with Crippen LogP contribution < -0.4 is 15.2 Å². The third-order valence-electron chi connectivity index (χ3n) is 4.18. The largest absolute Gasteiger partial charge is 0.493 e. The third kappa shape index (κ3) is 4.13. The fraction of sp³-hybridized carbons (Fsp3) is 0.588. The van der Waals surface area contributed by atoms with Gasteiger partial charge in [0.1, 0.15) is 0 Å². The van der Waals surface area contributed by atoms with Gasteiger partial charge in [0, 0.05) is 5.92 Å². The lowest BCUT2D eigenvalue weighted by atomic mass is 9.95. The molecule has 1 aliphatic rings. The Kier molecular flexibility index (Phi) is 6.07. The molecule has 0 aliphatic heterocycles. The second-order valence-corrected chi connectivity index (χ2v) is 5.65. The van der Waals surface area contributed by atoms with E-state index in [1.807, 2.05) is 18.2 Å². The maximum atomic E-state index is 11.5. The molecule has 0 unspecified atom stereocenters. The Bertz CT molecular complexity index is 497. The number of carbonyl (C=O) groups excluding carboxylic acids is 1. The fourth-order valence-electron chi connectivity index (χ4n) is 2.85. The summed E-state index contributed by atoms with van der Waals surface area (Å²) in [5, 5.41) is 0. The first-order valence-corrected chi connectivity index (χ1v) is 7.79. The molecule has 1 saturated carbocycles. The van der Waals surface area contributed by atoms with Crippen molar-refractivity contribution in [3.8, 4) is 11.5 Å². The van der Waals surface area contributed by atoms with Gasteiger partial charge in [-0.3, -0.25) is 4.79 Å². The molecule has 22 heavy (non-hydrogen) atoms. The van der Waals surface area contributed by atoms with Gasteiger partial charge in [-0.2, -0.15) is 0 Å². The molecule has 1 aromatic rings. The normalized spacial score (nSPS) is 16.3. The molecule has 122 valence electrons. The minimum absolute atomic E-state index is 0.0794. The van der Waals surface area contributed by atoms with Crippen molar-refractivity contribution >= 4 is 5.97 Å². The van der Waals surface area contributed by atoms with Crippen molar-refractivity contribution in [3.63, 3.8) is 0 Å². The first-order chi connectivity index (χ1) is 10.7. The number of hydrogen-bond acceptors (Lipinski definition) is 5. The number of ether oxygens (including phenoxy) is 3. The number of carbonyl (C=O) groups is 1. The molecule has 2 N–H and O–H groups in total. The highest BCUT2D eigenvalue weighted by atomic mass is 16.5. The summed E-state index contributed by atoms with van der Waals surface area (Å²) in [6.45, 7) is 0.379. The van der Waals surface area contributed by atoms with E-state index in [1.54, 1.807) is 7.11 Å². The molecule has 0 saturated heterocycles. The molecule has 0 bridgehead atoms. The van der Waals surface area contributed by atoms with Crippen molar-refractivity contribution in [2.75, 3.05) is 20.8 Å². The monoisotopic (exact) mass is 307 g/mol. The van der Waals surface area contributed by atoms with Crippen molar-refractivity contribution < 1.29 is 19.0 Å². The van der Waals surface area contributed by atoms with Crippen LogP contribution in [0.3, 0.4) is 0 Å². The lowest BCUT2D eigenvalue weighted by Gasteiger charge is -2.19. The van der Waals surface area contributed by atoms with Gasteiger partial charge in [0.2, 0.25) is 0 Å². The summed E-state index contributed by atoms with van der Waals surface area (Å²) < 4.78 is 16.2. The number of hydrogen-bond donors (Lipinski definition) is 1. The van der Waals surface area contributed by atoms with Crippen LogP contribution in [0.4, 0.5) is 0 Å². The zero-order chi connectivity index (χ0) is 15.9. The van der Waals surface area contributed by atoms with Crippen LogP contribution in [0.15, 0.2) is 18.2 Å². The average molecular weight is 307 g/mol.